The summed E-state index contributed by atoms with van der Waals surface area (Å²) in [4.78, 5) is 14.8. The summed E-state index contributed by atoms with van der Waals surface area (Å²) < 4.78 is 6.16. The number of hydrogen-bond acceptors (Lipinski definition) is 7. The lowest BCUT2D eigenvalue weighted by molar-refractivity contribution is 0.250. The van der Waals surface area contributed by atoms with Crippen molar-refractivity contribution in [3.8, 4) is 11.6 Å². The maximum Gasteiger partial charge on any atom is 0.241 e. The second-order valence-corrected chi connectivity index (χ2v) is 8.92. The molecule has 30 heavy (non-hydrogen) atoms. The van der Waals surface area contributed by atoms with Crippen molar-refractivity contribution >= 4 is 23.1 Å². The number of thioether (sulfide) groups is 1. The van der Waals surface area contributed by atoms with Crippen LogP contribution in [0, 0.1) is 0 Å². The highest BCUT2D eigenvalue weighted by Crippen LogP contribution is 2.45. The molecule has 0 spiro atoms. The predicted molar refractivity (Wildman–Crippen MR) is 120 cm³/mol. The molecule has 0 aliphatic carbocycles. The number of anilines is 2. The molecule has 154 valence electrons. The van der Waals surface area contributed by atoms with E-state index in [-0.39, 0.29) is 5.50 Å². The number of nitrogens with zero attached hydrogens (tertiary/aromatic N) is 4. The average molecular weight is 420 g/mol. The molecular formula is C23H25N5OS. The topological polar surface area (TPSA) is 67.5 Å². The zero-order valence-corrected chi connectivity index (χ0v) is 17.8. The third-order valence-electron chi connectivity index (χ3n) is 5.75. The average Bonchev–Trinajstić information content (AvgIpc) is 3.11. The first kappa shape index (κ1) is 19.4. The first-order chi connectivity index (χ1) is 14.7. The maximum absolute atomic E-state index is 6.37. The molecule has 1 saturated heterocycles. The Morgan fingerprint density at radius 1 is 1.00 bits per heavy atom. The number of fused-ring (bicyclic) bond motifs is 1. The number of benzene rings is 2. The summed E-state index contributed by atoms with van der Waals surface area (Å²) in [5, 5.41) is 0. The van der Waals surface area contributed by atoms with Crippen molar-refractivity contribution < 1.29 is 4.74 Å². The van der Waals surface area contributed by atoms with E-state index in [2.05, 4.69) is 38.9 Å². The van der Waals surface area contributed by atoms with E-state index < -0.39 is 0 Å². The summed E-state index contributed by atoms with van der Waals surface area (Å²) in [6.45, 7) is 2.15. The Kier molecular flexibility index (Phi) is 5.33. The number of rotatable bonds is 4. The molecule has 1 atom stereocenters. The van der Waals surface area contributed by atoms with Crippen LogP contribution in [-0.2, 0) is 0 Å². The van der Waals surface area contributed by atoms with Gasteiger partial charge in [-0.1, -0.05) is 23.9 Å². The van der Waals surface area contributed by atoms with Crippen molar-refractivity contribution in [1.82, 2.24) is 14.9 Å². The molecule has 7 heteroatoms. The summed E-state index contributed by atoms with van der Waals surface area (Å²) >= 11 is 1.67. The Bertz CT molecular complexity index is 1020. The van der Waals surface area contributed by atoms with Gasteiger partial charge < -0.3 is 20.3 Å². The van der Waals surface area contributed by atoms with E-state index in [9.17, 15) is 0 Å². The van der Waals surface area contributed by atoms with Gasteiger partial charge in [0, 0.05) is 28.9 Å². The van der Waals surface area contributed by atoms with E-state index in [0.29, 0.717) is 11.8 Å². The molecule has 5 rings (SSSR count). The molecule has 6 nitrogen and oxygen atoms in total. The van der Waals surface area contributed by atoms with Gasteiger partial charge in [0.2, 0.25) is 5.88 Å². The van der Waals surface area contributed by atoms with Crippen molar-refractivity contribution in [1.29, 1.82) is 0 Å². The zero-order valence-electron chi connectivity index (χ0n) is 16.9. The molecule has 0 radical (unpaired) electrons. The molecule has 3 heterocycles. The van der Waals surface area contributed by atoms with Gasteiger partial charge in [-0.05, 0) is 69.4 Å². The predicted octanol–water partition coefficient (Wildman–Crippen LogP) is 4.56. The molecule has 1 fully saturated rings. The minimum Gasteiger partial charge on any atom is -0.437 e. The van der Waals surface area contributed by atoms with Crippen LogP contribution in [-0.4, -0.2) is 40.5 Å². The highest BCUT2D eigenvalue weighted by atomic mass is 32.2. The van der Waals surface area contributed by atoms with Crippen LogP contribution in [0.1, 0.15) is 24.5 Å². The highest BCUT2D eigenvalue weighted by molar-refractivity contribution is 8.00. The van der Waals surface area contributed by atoms with Gasteiger partial charge in [0.05, 0.1) is 5.69 Å². The number of aromatic nitrogens is 2. The van der Waals surface area contributed by atoms with Gasteiger partial charge in [0.15, 0.2) is 0 Å². The third kappa shape index (κ3) is 3.76. The van der Waals surface area contributed by atoms with Crippen LogP contribution >= 0.6 is 11.8 Å². The summed E-state index contributed by atoms with van der Waals surface area (Å²) in [5.41, 5.74) is 9.38. The van der Waals surface area contributed by atoms with Crippen molar-refractivity contribution in [3.63, 3.8) is 0 Å². The van der Waals surface area contributed by atoms with Crippen LogP contribution in [0.25, 0.3) is 0 Å². The first-order valence-electron chi connectivity index (χ1n) is 10.3. The van der Waals surface area contributed by atoms with Crippen LogP contribution in [0.4, 0.5) is 11.4 Å². The fourth-order valence-corrected chi connectivity index (χ4v) is 5.17. The third-order valence-corrected chi connectivity index (χ3v) is 6.80. The second-order valence-electron chi connectivity index (χ2n) is 7.77. The van der Waals surface area contributed by atoms with Crippen molar-refractivity contribution in [2.45, 2.75) is 29.2 Å². The zero-order chi connectivity index (χ0) is 20.5. The number of para-hydroxylation sites is 1. The molecule has 1 unspecified atom stereocenters. The van der Waals surface area contributed by atoms with Crippen LogP contribution in [0.15, 0.2) is 65.8 Å². The summed E-state index contributed by atoms with van der Waals surface area (Å²) in [6, 6.07) is 16.3. The first-order valence-corrected chi connectivity index (χ1v) is 11.1. The molecule has 0 amide bonds. The molecule has 2 aliphatic rings. The Balaban J connectivity index is 1.35. The van der Waals surface area contributed by atoms with Gasteiger partial charge in [-0.3, -0.25) is 4.98 Å². The minimum absolute atomic E-state index is 0.134. The van der Waals surface area contributed by atoms with Gasteiger partial charge in [-0.15, -0.1) is 0 Å². The number of likely N-dealkylation sites (tertiary alicyclic amines) is 1. The van der Waals surface area contributed by atoms with Gasteiger partial charge in [-0.25, -0.2) is 4.98 Å². The summed E-state index contributed by atoms with van der Waals surface area (Å²) in [6.07, 6.45) is 5.61. The van der Waals surface area contributed by atoms with Gasteiger partial charge in [0.25, 0.3) is 0 Å². The van der Waals surface area contributed by atoms with Gasteiger partial charge in [0.1, 0.15) is 16.9 Å². The quantitative estimate of drug-likeness (QED) is 0.665. The Morgan fingerprint density at radius 2 is 1.73 bits per heavy atom. The van der Waals surface area contributed by atoms with E-state index >= 15 is 0 Å². The molecule has 2 aromatic carbocycles. The van der Waals surface area contributed by atoms with Gasteiger partial charge in [-0.2, -0.15) is 0 Å². The molecule has 0 saturated carbocycles. The molecule has 2 aliphatic heterocycles. The van der Waals surface area contributed by atoms with Crippen LogP contribution in [0.5, 0.6) is 11.6 Å². The van der Waals surface area contributed by atoms with E-state index in [4.69, 9.17) is 10.5 Å². The van der Waals surface area contributed by atoms with E-state index in [1.807, 2.05) is 36.4 Å². The van der Waals surface area contributed by atoms with Gasteiger partial charge >= 0.3 is 0 Å². The number of piperidine rings is 1. The van der Waals surface area contributed by atoms with Crippen molar-refractivity contribution in [2.24, 2.45) is 5.73 Å². The van der Waals surface area contributed by atoms with E-state index in [0.717, 1.165) is 48.7 Å². The van der Waals surface area contributed by atoms with Crippen molar-refractivity contribution in [3.05, 3.63) is 66.6 Å². The standard InChI is InChI=1S/C23H25N5OS/c1-27-14-10-16(11-15-27)21-22(26-13-12-25-21)29-18-8-6-17(7-9-18)28-19-4-2-3-5-20(19)30-23(28)24/h2-9,12-13,16,23H,10-11,14-15,24H2,1H3. The Morgan fingerprint density at radius 3 is 2.53 bits per heavy atom. The monoisotopic (exact) mass is 419 g/mol. The molecule has 1 aromatic heterocycles. The Hall–Kier alpha value is -2.61. The second kappa shape index (κ2) is 8.26. The lowest BCUT2D eigenvalue weighted by Gasteiger charge is -2.29. The van der Waals surface area contributed by atoms with Crippen LogP contribution in [0.2, 0.25) is 0 Å². The molecule has 0 bridgehead atoms. The number of ether oxygens (including phenoxy) is 1. The fraction of sp³-hybridized carbons (Fsp3) is 0.304. The van der Waals surface area contributed by atoms with Crippen LogP contribution in [0.3, 0.4) is 0 Å². The van der Waals surface area contributed by atoms with Crippen molar-refractivity contribution in [2.75, 3.05) is 25.0 Å². The Labute approximate surface area is 181 Å². The minimum atomic E-state index is -0.134. The largest absolute Gasteiger partial charge is 0.437 e. The highest BCUT2D eigenvalue weighted by Gasteiger charge is 2.28. The normalized spacial score (nSPS) is 19.7. The SMILES string of the molecule is CN1CCC(c2nccnc2Oc2ccc(N3c4ccccc4SC3N)cc2)CC1. The molecule has 3 aromatic rings. The molecule has 2 N–H and O–H groups in total. The summed E-state index contributed by atoms with van der Waals surface area (Å²) in [5.74, 6) is 1.75. The fourth-order valence-electron chi connectivity index (χ4n) is 4.12. The van der Waals surface area contributed by atoms with E-state index in [1.165, 1.54) is 4.90 Å². The summed E-state index contributed by atoms with van der Waals surface area (Å²) in [7, 11) is 2.16. The maximum atomic E-state index is 6.37. The van der Waals surface area contributed by atoms with E-state index in [1.54, 1.807) is 24.2 Å². The molecular weight excluding hydrogens is 394 g/mol. The lowest BCUT2D eigenvalue weighted by atomic mass is 9.94. The smallest absolute Gasteiger partial charge is 0.241 e. The number of hydrogen-bond donors (Lipinski definition) is 1. The number of nitrogens with two attached hydrogens (primary N) is 1. The lowest BCUT2D eigenvalue weighted by Crippen LogP contribution is -2.31. The van der Waals surface area contributed by atoms with Crippen LogP contribution < -0.4 is 15.4 Å².